The summed E-state index contributed by atoms with van der Waals surface area (Å²) in [6.07, 6.45) is 23.6. The minimum Gasteiger partial charge on any atom is -0.478 e. The Labute approximate surface area is 676 Å². The Morgan fingerprint density at radius 2 is 0.800 bits per heavy atom. The number of nitrogens with zero attached hydrogens (tertiary/aromatic N) is 5. The smallest absolute Gasteiger partial charge is 0.336 e. The summed E-state index contributed by atoms with van der Waals surface area (Å²) < 4.78 is 53.5. The molecule has 0 bridgehead atoms. The van der Waals surface area contributed by atoms with E-state index < -0.39 is 59.7 Å². The molecule has 11 aromatic rings. The van der Waals surface area contributed by atoms with Crippen LogP contribution in [0.4, 0.5) is 20.2 Å². The van der Waals surface area contributed by atoms with Gasteiger partial charge < -0.3 is 10.4 Å². The van der Waals surface area contributed by atoms with E-state index in [0.717, 1.165) is 108 Å². The quantitative estimate of drug-likeness (QED) is 0.0686. The molecule has 5 heterocycles. The summed E-state index contributed by atoms with van der Waals surface area (Å²) in [4.78, 5) is 69.7. The lowest BCUT2D eigenvalue weighted by Gasteiger charge is -2.14. The number of allylic oxidation sites excluding steroid dienone is 7. The zero-order valence-electron chi connectivity index (χ0n) is 57.6. The van der Waals surface area contributed by atoms with Gasteiger partial charge in [-0.25, -0.2) is 22.0 Å². The van der Waals surface area contributed by atoms with E-state index >= 15 is 0 Å². The van der Waals surface area contributed by atoms with Crippen LogP contribution in [0.2, 0.25) is 25.1 Å². The Kier molecular flexibility index (Phi) is 25.5. The van der Waals surface area contributed by atoms with Crippen molar-refractivity contribution >= 4 is 177 Å². The highest BCUT2D eigenvalue weighted by Crippen LogP contribution is 2.41. The van der Waals surface area contributed by atoms with Gasteiger partial charge in [0.2, 0.25) is 15.8 Å². The fourth-order valence-electron chi connectivity index (χ4n) is 12.3. The molecule has 0 fully saturated rings. The molecular weight excluding hydrogens is 1610 g/mol. The third-order valence-electron chi connectivity index (χ3n) is 17.8. The summed E-state index contributed by atoms with van der Waals surface area (Å²) in [7, 11) is -3.81. The molecule has 0 atom stereocenters. The van der Waals surface area contributed by atoms with Crippen molar-refractivity contribution in [1.29, 1.82) is 0 Å². The van der Waals surface area contributed by atoms with Gasteiger partial charge in [-0.2, -0.15) is 0 Å². The van der Waals surface area contributed by atoms with Gasteiger partial charge in [0.15, 0.2) is 5.82 Å². The number of carboxylic acid groups (broad SMARTS) is 1. The minimum absolute atomic E-state index is 0.217. The normalized spacial score (nSPS) is 13.1. The molecule has 5 aromatic heterocycles. The number of rotatable bonds is 14. The van der Waals surface area contributed by atoms with Crippen molar-refractivity contribution in [3.8, 4) is 55.6 Å². The van der Waals surface area contributed by atoms with Gasteiger partial charge in [0.25, 0.3) is 14.9 Å². The predicted molar refractivity (Wildman–Crippen MR) is 439 cm³/mol. The Morgan fingerprint density at radius 1 is 0.455 bits per heavy atom. The largest absolute Gasteiger partial charge is 0.478 e. The fraction of sp³-hybridized carbons (Fsp3) is 0.107. The molecule has 6 aromatic carbocycles. The number of pyridine rings is 5. The molecule has 0 saturated heterocycles. The monoisotopic (exact) mass is 1660 g/mol. The average Bonchev–Trinajstić information content (AvgIpc) is 1.65. The number of anilines is 2. The maximum absolute atomic E-state index is 14.9. The fourth-order valence-corrected chi connectivity index (χ4v) is 14.5. The number of carbonyl (C=O) groups excluding carboxylic acids is 3. The number of benzene rings is 6. The van der Waals surface area contributed by atoms with E-state index in [1.165, 1.54) is 5.56 Å². The first-order valence-corrected chi connectivity index (χ1v) is 38.8. The van der Waals surface area contributed by atoms with Crippen LogP contribution in [0.25, 0.3) is 84.0 Å². The number of amides is 1. The van der Waals surface area contributed by atoms with Gasteiger partial charge in [-0.15, -0.1) is 0 Å². The van der Waals surface area contributed by atoms with Crippen LogP contribution in [0.1, 0.15) is 69.6 Å². The number of nitrogens with one attached hydrogen (secondary N) is 2. The average molecular weight is 1670 g/mol. The van der Waals surface area contributed by atoms with E-state index in [0.29, 0.717) is 91.3 Å². The van der Waals surface area contributed by atoms with Crippen LogP contribution in [0.5, 0.6) is 0 Å². The molecule has 0 spiro atoms. The maximum Gasteiger partial charge on any atom is 0.336 e. The number of Topliss-reactive ketones (excluding diaryl/α,β-unsaturated/α-hetero) is 1. The van der Waals surface area contributed by atoms with Crippen LogP contribution >= 0.6 is 104 Å². The number of halogens is 11. The van der Waals surface area contributed by atoms with E-state index in [1.54, 1.807) is 92.4 Å². The second-order valence-corrected chi connectivity index (χ2v) is 31.8. The van der Waals surface area contributed by atoms with Gasteiger partial charge in [-0.05, 0) is 155 Å². The summed E-state index contributed by atoms with van der Waals surface area (Å²) in [6.45, 7) is 1.66. The van der Waals surface area contributed by atoms with Crippen molar-refractivity contribution in [3.63, 3.8) is 0 Å². The van der Waals surface area contributed by atoms with Crippen LogP contribution in [0, 0.1) is 11.6 Å². The van der Waals surface area contributed by atoms with E-state index in [-0.39, 0.29) is 11.3 Å². The van der Waals surface area contributed by atoms with Crippen LogP contribution < -0.4 is 10.0 Å². The Bertz CT molecular complexity index is 5600. The highest BCUT2D eigenvalue weighted by atomic mass is 35.6. The zero-order chi connectivity index (χ0) is 78.1. The van der Waals surface area contributed by atoms with Crippen molar-refractivity contribution in [2.24, 2.45) is 0 Å². The number of ketones is 1. The number of hydrogen-bond donors (Lipinski definition) is 3. The molecule has 110 heavy (non-hydrogen) atoms. The van der Waals surface area contributed by atoms with Crippen molar-refractivity contribution in [2.75, 3.05) is 15.8 Å². The molecule has 3 N–H and O–H groups in total. The second-order valence-electron chi connectivity index (χ2n) is 25.1. The Hall–Kier alpha value is -9.73. The number of hydrogen-bond acceptors (Lipinski definition) is 11. The molecule has 554 valence electrons. The first kappa shape index (κ1) is 79.8. The topological polar surface area (TPSA) is 211 Å². The SMILES string of the molecule is CCCS(=O)(=O)Nc1ccc(F)c(NC(=O)C2=CCc3ncc(-c4ccc(Cl)cc4)cc32)c1F.Clc1ccc(-c2cnc3c(c2)C=CC3)cc1.O=C(C1=CCc2ncc(-c3ccc(Cl)cc3)cc21)C(Cl)(Cl)Cl.O=C(Cl)C1=CCc2ncc(-c3ccc(Cl)cc3)cc21.O=C(O)C1=CCc2ncc(-c3ccc(Cl)cc3)cc21. The Morgan fingerprint density at radius 3 is 1.18 bits per heavy atom. The van der Waals surface area contributed by atoms with Crippen molar-refractivity contribution in [2.45, 2.75) is 49.2 Å². The number of aliphatic carboxylic acids is 1. The lowest BCUT2D eigenvalue weighted by atomic mass is 10.0. The molecule has 0 unspecified atom stereocenters. The number of alkyl halides is 3. The lowest BCUT2D eigenvalue weighted by molar-refractivity contribution is -0.130. The number of carboxylic acids is 1. The Balaban J connectivity index is 0.000000131. The molecule has 16 rings (SSSR count). The van der Waals surface area contributed by atoms with Crippen molar-refractivity contribution in [1.82, 2.24) is 24.9 Å². The van der Waals surface area contributed by atoms with E-state index in [9.17, 15) is 36.4 Å². The number of fused-ring (bicyclic) bond motifs is 5. The van der Waals surface area contributed by atoms with Gasteiger partial charge in [0.1, 0.15) is 11.5 Å². The first-order valence-electron chi connectivity index (χ1n) is 33.7. The van der Waals surface area contributed by atoms with Gasteiger partial charge >= 0.3 is 5.97 Å². The van der Waals surface area contributed by atoms with Gasteiger partial charge in [0, 0.05) is 155 Å². The highest BCUT2D eigenvalue weighted by Gasteiger charge is 2.37. The zero-order valence-corrected chi connectivity index (χ0v) is 65.2. The first-order chi connectivity index (χ1) is 52.7. The summed E-state index contributed by atoms with van der Waals surface area (Å²) in [5, 5.41) is 14.3. The van der Waals surface area contributed by atoms with Crippen molar-refractivity contribution < 1.29 is 41.5 Å². The van der Waals surface area contributed by atoms with Gasteiger partial charge in [-0.1, -0.05) is 197 Å². The summed E-state index contributed by atoms with van der Waals surface area (Å²) in [6, 6.07) is 48.8. The minimum atomic E-state index is -3.81. The molecular formula is C84H58Cl9F2N7O7S. The second kappa shape index (κ2) is 35.1. The summed E-state index contributed by atoms with van der Waals surface area (Å²) in [5.74, 6) is -4.64. The molecule has 26 heteroatoms. The van der Waals surface area contributed by atoms with E-state index in [2.05, 4.69) is 53.2 Å². The molecule has 14 nitrogen and oxygen atoms in total. The van der Waals surface area contributed by atoms with Gasteiger partial charge in [-0.3, -0.25) is 44.0 Å². The third-order valence-corrected chi connectivity index (χ3v) is 21.3. The summed E-state index contributed by atoms with van der Waals surface area (Å²) >= 11 is 52.1. The van der Waals surface area contributed by atoms with E-state index in [4.69, 9.17) is 110 Å². The van der Waals surface area contributed by atoms with Crippen LogP contribution in [-0.2, 0) is 61.3 Å². The van der Waals surface area contributed by atoms with Crippen LogP contribution in [-0.4, -0.2) is 70.9 Å². The van der Waals surface area contributed by atoms with Gasteiger partial charge in [0.05, 0.1) is 45.5 Å². The van der Waals surface area contributed by atoms with Crippen molar-refractivity contribution in [3.05, 3.63) is 318 Å². The number of carbonyl (C=O) groups is 4. The summed E-state index contributed by atoms with van der Waals surface area (Å²) in [5.41, 5.74) is 18.2. The highest BCUT2D eigenvalue weighted by molar-refractivity contribution is 7.92. The number of sulfonamides is 1. The molecule has 5 aliphatic rings. The molecule has 0 aliphatic heterocycles. The molecule has 0 radical (unpaired) electrons. The standard InChI is InChI=1S/C24H20ClF2N3O3S.C16H9Cl4NO.C15H9Cl2NO.C15H10ClNO2.C14H10ClN/c1-2-11-34(32,33)30-21-10-8-19(26)23(22(21)27)29-24(31)17-7-9-20-18(17)12-15(13-28-20)14-3-5-16(25)6-4-14;17-11-3-1-9(2-4-11)10-7-13-12(15(22)16(18,19)20)5-6-14(13)21-8-10;16-11-3-1-9(2-4-11)10-7-13-12(15(17)19)5-6-14(13)18-8-10;16-11-3-1-9(2-4-11)10-7-13-12(15(18)19)5-6-14(13)17-8-10;15-13-6-4-10(5-7-13)12-8-11-2-1-3-14(11)16-9-12/h3-8,10,12-13,30H,2,9,11H2,1H3,(H,29,31);1-5,7-8H,6H2;1-5,7-8H,6H2;1-5,7-8H,6H2,(H,18,19);1-2,4-9H,3H2. The molecule has 0 saturated carbocycles. The lowest BCUT2D eigenvalue weighted by Crippen LogP contribution is -2.19. The van der Waals surface area contributed by atoms with Crippen LogP contribution in [0.15, 0.2) is 225 Å². The van der Waals surface area contributed by atoms with Crippen LogP contribution in [0.3, 0.4) is 0 Å². The van der Waals surface area contributed by atoms with E-state index in [1.807, 2.05) is 115 Å². The maximum atomic E-state index is 14.9. The third kappa shape index (κ3) is 19.3. The number of aromatic nitrogens is 5. The molecule has 5 aliphatic carbocycles. The molecule has 1 amide bonds. The predicted octanol–water partition coefficient (Wildman–Crippen LogP) is 22.2.